The van der Waals surface area contributed by atoms with Crippen LogP contribution in [0.15, 0.2) is 83.6 Å². The van der Waals surface area contributed by atoms with Crippen LogP contribution in [0.2, 0.25) is 0 Å². The number of para-hydroxylation sites is 2. The number of halogens is 1. The maximum Gasteiger partial charge on any atom is 0.251 e. The highest BCUT2D eigenvalue weighted by atomic mass is 79.9. The molecular formula is C22H17BrN4O2. The molecule has 2 N–H and O–H groups in total. The van der Waals surface area contributed by atoms with Crippen molar-refractivity contribution >= 4 is 44.5 Å². The maximum absolute atomic E-state index is 12.1. The number of nitrogens with one attached hydrogen (secondary N) is 2. The van der Waals surface area contributed by atoms with E-state index in [2.05, 4.69) is 31.5 Å². The highest BCUT2D eigenvalue weighted by molar-refractivity contribution is 9.10. The molecule has 0 aliphatic heterocycles. The van der Waals surface area contributed by atoms with E-state index in [1.165, 1.54) is 0 Å². The third-order valence-electron chi connectivity index (χ3n) is 4.40. The van der Waals surface area contributed by atoms with E-state index in [9.17, 15) is 9.59 Å². The topological polar surface area (TPSA) is 76.0 Å². The quantitative estimate of drug-likeness (QED) is 0.481. The second-order valence-corrected chi connectivity index (χ2v) is 7.30. The van der Waals surface area contributed by atoms with E-state index in [0.717, 1.165) is 21.2 Å². The van der Waals surface area contributed by atoms with Gasteiger partial charge < -0.3 is 10.6 Å². The summed E-state index contributed by atoms with van der Waals surface area (Å²) in [7, 11) is 0. The number of hydrogen-bond acceptors (Lipinski definition) is 3. The molecule has 144 valence electrons. The van der Waals surface area contributed by atoms with E-state index >= 15 is 0 Å². The Hall–Kier alpha value is -3.45. The number of carbonyl (C=O) groups excluding carboxylic acids is 2. The molecule has 1 aromatic heterocycles. The van der Waals surface area contributed by atoms with Crippen LogP contribution in [0.5, 0.6) is 0 Å². The lowest BCUT2D eigenvalue weighted by atomic mass is 10.2. The smallest absolute Gasteiger partial charge is 0.251 e. The van der Waals surface area contributed by atoms with E-state index in [-0.39, 0.29) is 18.4 Å². The van der Waals surface area contributed by atoms with Crippen LogP contribution in [0, 0.1) is 0 Å². The largest absolute Gasteiger partial charge is 0.343 e. The first kappa shape index (κ1) is 18.9. The van der Waals surface area contributed by atoms with E-state index in [0.29, 0.717) is 11.3 Å². The van der Waals surface area contributed by atoms with Crippen molar-refractivity contribution in [2.24, 2.45) is 0 Å². The molecule has 0 saturated heterocycles. The molecule has 0 aliphatic rings. The molecule has 7 heteroatoms. The van der Waals surface area contributed by atoms with Gasteiger partial charge in [0, 0.05) is 21.4 Å². The Bertz CT molecular complexity index is 1170. The molecule has 0 unspecified atom stereocenters. The number of nitrogens with zero attached hydrogens (tertiary/aromatic N) is 2. The van der Waals surface area contributed by atoms with Crippen LogP contribution in [-0.4, -0.2) is 27.9 Å². The molecule has 0 bridgehead atoms. The van der Waals surface area contributed by atoms with Gasteiger partial charge in [-0.1, -0.05) is 28.1 Å². The van der Waals surface area contributed by atoms with E-state index in [1.807, 2.05) is 53.1 Å². The number of hydrogen-bond donors (Lipinski definition) is 2. The summed E-state index contributed by atoms with van der Waals surface area (Å²) in [5.41, 5.74) is 4.03. The Balaban J connectivity index is 1.36. The van der Waals surface area contributed by atoms with Crippen molar-refractivity contribution in [3.05, 3.63) is 89.2 Å². The second-order valence-electron chi connectivity index (χ2n) is 6.39. The lowest BCUT2D eigenvalue weighted by Gasteiger charge is -2.09. The number of anilines is 1. The van der Waals surface area contributed by atoms with Crippen molar-refractivity contribution in [1.82, 2.24) is 14.9 Å². The summed E-state index contributed by atoms with van der Waals surface area (Å²) in [5.74, 6) is -0.591. The Labute approximate surface area is 175 Å². The van der Waals surface area contributed by atoms with Gasteiger partial charge >= 0.3 is 0 Å². The average Bonchev–Trinajstić information content (AvgIpc) is 3.17. The van der Waals surface area contributed by atoms with Crippen LogP contribution in [0.25, 0.3) is 16.7 Å². The van der Waals surface area contributed by atoms with Crippen LogP contribution < -0.4 is 10.6 Å². The van der Waals surface area contributed by atoms with Crippen LogP contribution >= 0.6 is 15.9 Å². The summed E-state index contributed by atoms with van der Waals surface area (Å²) in [6.45, 7) is -0.108. The Morgan fingerprint density at radius 2 is 1.66 bits per heavy atom. The third-order valence-corrected chi connectivity index (χ3v) is 4.93. The standard InChI is InChI=1S/C22H17BrN4O2/c23-16-7-5-15(6-8-16)22(29)24-13-21(28)26-17-9-11-18(12-10-17)27-14-25-19-3-1-2-4-20(19)27/h1-12,14H,13H2,(H,24,29)(H,26,28). The van der Waals surface area contributed by atoms with Gasteiger partial charge in [-0.2, -0.15) is 0 Å². The monoisotopic (exact) mass is 448 g/mol. The summed E-state index contributed by atoms with van der Waals surface area (Å²) >= 11 is 3.32. The van der Waals surface area contributed by atoms with Crippen LogP contribution in [0.1, 0.15) is 10.4 Å². The molecule has 1 heterocycles. The van der Waals surface area contributed by atoms with Gasteiger partial charge in [0.15, 0.2) is 0 Å². The predicted octanol–water partition coefficient (Wildman–Crippen LogP) is 4.16. The zero-order valence-electron chi connectivity index (χ0n) is 15.3. The fourth-order valence-corrected chi connectivity index (χ4v) is 3.20. The first-order valence-corrected chi connectivity index (χ1v) is 9.75. The molecule has 0 fully saturated rings. The molecule has 4 rings (SSSR count). The van der Waals surface area contributed by atoms with Crippen molar-refractivity contribution in [3.8, 4) is 5.69 Å². The molecule has 6 nitrogen and oxygen atoms in total. The van der Waals surface area contributed by atoms with Gasteiger partial charge in [0.1, 0.15) is 6.33 Å². The van der Waals surface area contributed by atoms with E-state index in [4.69, 9.17) is 0 Å². The van der Waals surface area contributed by atoms with Crippen LogP contribution in [-0.2, 0) is 4.79 Å². The summed E-state index contributed by atoms with van der Waals surface area (Å²) in [5, 5.41) is 5.40. The SMILES string of the molecule is O=C(CNC(=O)c1ccc(Br)cc1)Nc1ccc(-n2cnc3ccccc32)cc1. The highest BCUT2D eigenvalue weighted by Gasteiger charge is 2.09. The normalized spacial score (nSPS) is 10.7. The molecule has 0 saturated carbocycles. The fraction of sp³-hybridized carbons (Fsp3) is 0.0455. The van der Waals surface area contributed by atoms with Crippen molar-refractivity contribution in [2.75, 3.05) is 11.9 Å². The van der Waals surface area contributed by atoms with Crippen molar-refractivity contribution < 1.29 is 9.59 Å². The minimum absolute atomic E-state index is 0.108. The lowest BCUT2D eigenvalue weighted by Crippen LogP contribution is -2.32. The van der Waals surface area contributed by atoms with Crippen molar-refractivity contribution in [3.63, 3.8) is 0 Å². The van der Waals surface area contributed by atoms with Gasteiger partial charge in [0.25, 0.3) is 5.91 Å². The van der Waals surface area contributed by atoms with E-state index < -0.39 is 0 Å². The van der Waals surface area contributed by atoms with Crippen LogP contribution in [0.4, 0.5) is 5.69 Å². The minimum atomic E-state index is -0.296. The van der Waals surface area contributed by atoms with Gasteiger partial charge in [-0.25, -0.2) is 4.98 Å². The van der Waals surface area contributed by atoms with Gasteiger partial charge in [-0.05, 0) is 60.7 Å². The van der Waals surface area contributed by atoms with Gasteiger partial charge in [-0.3, -0.25) is 14.2 Å². The lowest BCUT2D eigenvalue weighted by molar-refractivity contribution is -0.115. The molecule has 29 heavy (non-hydrogen) atoms. The summed E-state index contributed by atoms with van der Waals surface area (Å²) < 4.78 is 2.87. The highest BCUT2D eigenvalue weighted by Crippen LogP contribution is 2.19. The number of benzene rings is 3. The first-order chi connectivity index (χ1) is 14.1. The van der Waals surface area contributed by atoms with Crippen LogP contribution in [0.3, 0.4) is 0 Å². The first-order valence-electron chi connectivity index (χ1n) is 8.96. The average molecular weight is 449 g/mol. The number of aromatic nitrogens is 2. The number of imidazole rings is 1. The Morgan fingerprint density at radius 3 is 2.41 bits per heavy atom. The molecule has 0 radical (unpaired) electrons. The van der Waals surface area contributed by atoms with Gasteiger partial charge in [0.2, 0.25) is 5.91 Å². The number of carbonyl (C=O) groups is 2. The third kappa shape index (κ3) is 4.35. The predicted molar refractivity (Wildman–Crippen MR) is 116 cm³/mol. The second kappa shape index (κ2) is 8.28. The van der Waals surface area contributed by atoms with E-state index in [1.54, 1.807) is 30.6 Å². The molecule has 4 aromatic rings. The molecule has 0 aliphatic carbocycles. The van der Waals surface area contributed by atoms with Crippen molar-refractivity contribution in [1.29, 1.82) is 0 Å². The number of amides is 2. The molecule has 0 spiro atoms. The zero-order chi connectivity index (χ0) is 20.2. The molecule has 0 atom stereocenters. The van der Waals surface area contributed by atoms with Gasteiger partial charge in [0.05, 0.1) is 17.6 Å². The Morgan fingerprint density at radius 1 is 0.931 bits per heavy atom. The number of rotatable bonds is 5. The summed E-state index contributed by atoms with van der Waals surface area (Å²) in [4.78, 5) is 28.6. The number of fused-ring (bicyclic) bond motifs is 1. The molecular weight excluding hydrogens is 432 g/mol. The summed E-state index contributed by atoms with van der Waals surface area (Å²) in [6.07, 6.45) is 1.77. The zero-order valence-corrected chi connectivity index (χ0v) is 16.9. The molecule has 3 aromatic carbocycles. The van der Waals surface area contributed by atoms with Gasteiger partial charge in [-0.15, -0.1) is 0 Å². The summed E-state index contributed by atoms with van der Waals surface area (Å²) in [6, 6.07) is 22.3. The maximum atomic E-state index is 12.1. The Kier molecular flexibility index (Phi) is 5.39. The van der Waals surface area contributed by atoms with Crippen molar-refractivity contribution in [2.45, 2.75) is 0 Å². The fourth-order valence-electron chi connectivity index (χ4n) is 2.94. The minimum Gasteiger partial charge on any atom is -0.343 e. The molecule has 2 amide bonds.